The second-order valence-electron chi connectivity index (χ2n) is 8.48. The van der Waals surface area contributed by atoms with Crippen LogP contribution in [0.1, 0.15) is 45.1 Å². The Hall–Kier alpha value is -2.51. The molecular weight excluding hydrogens is 396 g/mol. The number of hydrogen-bond donors (Lipinski definition) is 2. The number of ketones is 1. The molecule has 1 fully saturated rings. The quantitative estimate of drug-likeness (QED) is 0.353. The van der Waals surface area contributed by atoms with Crippen molar-refractivity contribution in [3.8, 4) is 0 Å². The minimum atomic E-state index is -1.84. The van der Waals surface area contributed by atoms with Crippen molar-refractivity contribution in [1.29, 1.82) is 0 Å². The first-order valence-corrected chi connectivity index (χ1v) is 11.0. The zero-order valence-electron chi connectivity index (χ0n) is 18.2. The number of allylic oxidation sites excluding steroid dienone is 1. The van der Waals surface area contributed by atoms with Gasteiger partial charge in [0, 0.05) is 6.04 Å². The van der Waals surface area contributed by atoms with Crippen LogP contribution in [0.15, 0.2) is 42.5 Å². The van der Waals surface area contributed by atoms with Crippen LogP contribution in [0.25, 0.3) is 0 Å². The lowest BCUT2D eigenvalue weighted by atomic mass is 9.82. The molecular formula is C24H32N2O5. The summed E-state index contributed by atoms with van der Waals surface area (Å²) in [5.41, 5.74) is 5.11. The van der Waals surface area contributed by atoms with E-state index >= 15 is 0 Å². The number of nitrogens with zero attached hydrogens (tertiary/aromatic N) is 1. The van der Waals surface area contributed by atoms with E-state index in [2.05, 4.69) is 0 Å². The monoisotopic (exact) mass is 428 g/mol. The molecule has 0 spiro atoms. The zero-order valence-corrected chi connectivity index (χ0v) is 18.2. The molecule has 3 rings (SSSR count). The molecule has 1 unspecified atom stereocenters. The molecule has 0 amide bonds. The lowest BCUT2D eigenvalue weighted by Crippen LogP contribution is -2.66. The van der Waals surface area contributed by atoms with Crippen LogP contribution >= 0.6 is 0 Å². The summed E-state index contributed by atoms with van der Waals surface area (Å²) in [5.74, 6) is -2.33. The number of likely N-dealkylation sites (tertiary alicyclic amines) is 1. The number of aliphatic carboxylic acids is 1. The largest absolute Gasteiger partial charge is 0.480 e. The second-order valence-corrected chi connectivity index (χ2v) is 8.48. The lowest BCUT2D eigenvalue weighted by molar-refractivity contribution is -0.164. The van der Waals surface area contributed by atoms with Crippen LogP contribution in [-0.4, -0.2) is 58.0 Å². The second kappa shape index (κ2) is 9.75. The number of carbonyl (C=O) groups excluding carboxylic acids is 2. The zero-order chi connectivity index (χ0) is 22.6. The summed E-state index contributed by atoms with van der Waals surface area (Å²) in [5, 5.41) is 10.4. The van der Waals surface area contributed by atoms with Gasteiger partial charge in [0.15, 0.2) is 11.3 Å². The fourth-order valence-corrected chi connectivity index (χ4v) is 5.09. The third-order valence-corrected chi connectivity index (χ3v) is 6.46. The molecule has 168 valence electrons. The van der Waals surface area contributed by atoms with Crippen LogP contribution in [0.4, 0.5) is 0 Å². The molecule has 0 aromatic heterocycles. The van der Waals surface area contributed by atoms with E-state index in [1.54, 1.807) is 11.8 Å². The fourth-order valence-electron chi connectivity index (χ4n) is 5.09. The molecule has 1 saturated heterocycles. The Morgan fingerprint density at radius 3 is 2.61 bits per heavy atom. The van der Waals surface area contributed by atoms with Gasteiger partial charge in [0.25, 0.3) is 0 Å². The molecule has 3 N–H and O–H groups in total. The molecule has 0 radical (unpaired) electrons. The average Bonchev–Trinajstić information content (AvgIpc) is 3.10. The molecule has 7 heteroatoms. The molecule has 0 saturated carbocycles. The van der Waals surface area contributed by atoms with E-state index in [-0.39, 0.29) is 25.0 Å². The molecule has 31 heavy (non-hydrogen) atoms. The molecule has 5 atom stereocenters. The van der Waals surface area contributed by atoms with E-state index in [9.17, 15) is 19.5 Å². The van der Waals surface area contributed by atoms with Crippen molar-refractivity contribution in [3.05, 3.63) is 48.0 Å². The Bertz CT molecular complexity index is 838. The number of esters is 1. The number of carboxylic acid groups (broad SMARTS) is 1. The number of aryl methyl sites for hydroxylation is 1. The highest BCUT2D eigenvalue weighted by Gasteiger charge is 2.63. The number of rotatable bonds is 9. The smallest absolute Gasteiger partial charge is 0.332 e. The Morgan fingerprint density at radius 1 is 1.29 bits per heavy atom. The summed E-state index contributed by atoms with van der Waals surface area (Å²) < 4.78 is 5.36. The molecule has 2 aliphatic rings. The van der Waals surface area contributed by atoms with Crippen molar-refractivity contribution in [2.24, 2.45) is 11.7 Å². The molecule has 1 heterocycles. The van der Waals surface area contributed by atoms with Crippen LogP contribution in [0.3, 0.4) is 0 Å². The van der Waals surface area contributed by atoms with E-state index in [4.69, 9.17) is 10.5 Å². The normalized spacial score (nSPS) is 27.3. The lowest BCUT2D eigenvalue weighted by Gasteiger charge is -2.41. The Morgan fingerprint density at radius 2 is 2.00 bits per heavy atom. The molecule has 1 aromatic carbocycles. The Balaban J connectivity index is 2.06. The van der Waals surface area contributed by atoms with Crippen LogP contribution < -0.4 is 5.73 Å². The first kappa shape index (κ1) is 23.2. The number of nitrogens with two attached hydrogens (primary N) is 1. The van der Waals surface area contributed by atoms with Crippen molar-refractivity contribution in [2.75, 3.05) is 6.61 Å². The minimum absolute atomic E-state index is 0.0301. The number of hydrogen-bond acceptors (Lipinski definition) is 6. The molecule has 7 nitrogen and oxygen atoms in total. The van der Waals surface area contributed by atoms with Gasteiger partial charge < -0.3 is 15.6 Å². The number of benzene rings is 1. The first-order valence-electron chi connectivity index (χ1n) is 11.0. The summed E-state index contributed by atoms with van der Waals surface area (Å²) in [6.07, 6.45) is 6.60. The van der Waals surface area contributed by atoms with Crippen LogP contribution in [-0.2, 0) is 25.5 Å². The first-order chi connectivity index (χ1) is 14.8. The van der Waals surface area contributed by atoms with Crippen LogP contribution in [0.5, 0.6) is 0 Å². The van der Waals surface area contributed by atoms with Gasteiger partial charge in [-0.05, 0) is 57.4 Å². The predicted octanol–water partition coefficient (Wildman–Crippen LogP) is 2.33. The van der Waals surface area contributed by atoms with Gasteiger partial charge in [-0.1, -0.05) is 42.5 Å². The maximum absolute atomic E-state index is 13.3. The van der Waals surface area contributed by atoms with E-state index in [1.165, 1.54) is 6.92 Å². The van der Waals surface area contributed by atoms with Gasteiger partial charge in [-0.3, -0.25) is 14.5 Å². The van der Waals surface area contributed by atoms with Crippen molar-refractivity contribution in [1.82, 2.24) is 4.90 Å². The maximum atomic E-state index is 13.3. The average molecular weight is 429 g/mol. The highest BCUT2D eigenvalue weighted by molar-refractivity contribution is 6.10. The standard InChI is InChI=1S/C24H32N2O5/c1-3-31-22(28)20(14-13-17-9-5-4-6-10-17)26-19-12-8-7-11-18(19)15-24(26,23(29)30)21(27)16(2)25/h4-6,8-10,12,16,18-20H,3,7,11,13-15,25H2,1-2H3,(H,29,30)/t16?,18-,19-,20+,24-/m1/s1. The molecule has 1 aromatic rings. The van der Waals surface area contributed by atoms with E-state index in [0.717, 1.165) is 18.4 Å². The Labute approximate surface area is 183 Å². The van der Waals surface area contributed by atoms with Gasteiger partial charge in [-0.25, -0.2) is 4.79 Å². The van der Waals surface area contributed by atoms with Gasteiger partial charge in [0.2, 0.25) is 0 Å². The van der Waals surface area contributed by atoms with Crippen molar-refractivity contribution in [3.63, 3.8) is 0 Å². The number of carboxylic acids is 1. The van der Waals surface area contributed by atoms with Crippen molar-refractivity contribution >= 4 is 17.7 Å². The summed E-state index contributed by atoms with van der Waals surface area (Å²) in [6.45, 7) is 3.41. The summed E-state index contributed by atoms with van der Waals surface area (Å²) >= 11 is 0. The number of ether oxygens (including phenoxy) is 1. The van der Waals surface area contributed by atoms with E-state index < -0.39 is 35.3 Å². The van der Waals surface area contributed by atoms with Gasteiger partial charge in [-0.15, -0.1) is 0 Å². The number of carbonyl (C=O) groups is 3. The topological polar surface area (TPSA) is 110 Å². The van der Waals surface area contributed by atoms with Crippen LogP contribution in [0.2, 0.25) is 0 Å². The third kappa shape index (κ3) is 4.43. The summed E-state index contributed by atoms with van der Waals surface area (Å²) in [6, 6.07) is 7.55. The maximum Gasteiger partial charge on any atom is 0.332 e. The van der Waals surface area contributed by atoms with E-state index in [1.807, 2.05) is 42.5 Å². The highest BCUT2D eigenvalue weighted by Crippen LogP contribution is 2.46. The number of Topliss-reactive ketones (excluding diaryl/α,β-unsaturated/α-hetero) is 1. The van der Waals surface area contributed by atoms with Gasteiger partial charge in [-0.2, -0.15) is 0 Å². The van der Waals surface area contributed by atoms with Crippen molar-refractivity contribution < 1.29 is 24.2 Å². The van der Waals surface area contributed by atoms with E-state index in [0.29, 0.717) is 12.8 Å². The third-order valence-electron chi connectivity index (χ3n) is 6.46. The van der Waals surface area contributed by atoms with Gasteiger partial charge in [0.05, 0.1) is 12.6 Å². The van der Waals surface area contributed by atoms with Crippen LogP contribution in [0, 0.1) is 5.92 Å². The molecule has 1 aliphatic carbocycles. The predicted molar refractivity (Wildman–Crippen MR) is 116 cm³/mol. The SMILES string of the molecule is CCOC(=O)[C@H](CCc1ccccc1)N1[C@@H]2C=CCC[C@@H]2C[C@]1(C(=O)O)C(=O)C(C)N. The Kier molecular flexibility index (Phi) is 7.28. The fraction of sp³-hybridized carbons (Fsp3) is 0.542. The highest BCUT2D eigenvalue weighted by atomic mass is 16.5. The minimum Gasteiger partial charge on any atom is -0.480 e. The summed E-state index contributed by atoms with van der Waals surface area (Å²) in [7, 11) is 0. The molecule has 1 aliphatic heterocycles. The summed E-state index contributed by atoms with van der Waals surface area (Å²) in [4.78, 5) is 40.7. The van der Waals surface area contributed by atoms with Gasteiger partial charge >= 0.3 is 11.9 Å². The van der Waals surface area contributed by atoms with Gasteiger partial charge in [0.1, 0.15) is 6.04 Å². The van der Waals surface area contributed by atoms with Crippen molar-refractivity contribution in [2.45, 2.75) is 69.6 Å². The molecule has 0 bridgehead atoms. The number of fused-ring (bicyclic) bond motifs is 1.